The highest BCUT2D eigenvalue weighted by atomic mass is 16.1. The van der Waals surface area contributed by atoms with E-state index >= 15 is 0 Å². The molecule has 4 heteroatoms. The minimum absolute atomic E-state index is 0.112. The Kier molecular flexibility index (Phi) is 2.56. The van der Waals surface area contributed by atoms with Crippen LogP contribution in [0.4, 0.5) is 0 Å². The zero-order valence-corrected chi connectivity index (χ0v) is 9.76. The summed E-state index contributed by atoms with van der Waals surface area (Å²) < 4.78 is 1.70. The molecule has 0 aliphatic rings. The van der Waals surface area contributed by atoms with Gasteiger partial charge in [-0.3, -0.25) is 4.57 Å². The molecule has 18 heavy (non-hydrogen) atoms. The monoisotopic (exact) mass is 234 g/mol. The lowest BCUT2D eigenvalue weighted by molar-refractivity contribution is 0.787. The molecule has 0 amide bonds. The minimum atomic E-state index is -0.112. The molecule has 0 atom stereocenters. The van der Waals surface area contributed by atoms with Crippen LogP contribution < -0.4 is 11.2 Å². The molecular weight excluding hydrogens is 223 g/mol. The standard InChI is InChI=1S/C14H11BN2O/c15-11-6-7-12-13(8-11)17(14(18)16-12)9-10-4-2-1-3-5-10/h1-8H,9H2,(H,16,18). The summed E-state index contributed by atoms with van der Waals surface area (Å²) in [6.07, 6.45) is 0. The highest BCUT2D eigenvalue weighted by molar-refractivity contribution is 6.33. The van der Waals surface area contributed by atoms with Crippen molar-refractivity contribution in [2.75, 3.05) is 0 Å². The number of hydrogen-bond donors (Lipinski definition) is 1. The first-order chi connectivity index (χ1) is 8.74. The maximum atomic E-state index is 11.9. The SMILES string of the molecule is [B]c1ccc2[nH]c(=O)n(Cc3ccccc3)c2c1. The van der Waals surface area contributed by atoms with E-state index in [1.807, 2.05) is 42.5 Å². The van der Waals surface area contributed by atoms with Gasteiger partial charge in [0.2, 0.25) is 0 Å². The predicted molar refractivity (Wildman–Crippen MR) is 73.5 cm³/mol. The van der Waals surface area contributed by atoms with Gasteiger partial charge in [-0.15, -0.1) is 0 Å². The van der Waals surface area contributed by atoms with Gasteiger partial charge in [-0.1, -0.05) is 41.9 Å². The van der Waals surface area contributed by atoms with Crippen molar-refractivity contribution >= 4 is 24.3 Å². The Hall–Kier alpha value is -2.23. The van der Waals surface area contributed by atoms with Crippen LogP contribution in [0.5, 0.6) is 0 Å². The van der Waals surface area contributed by atoms with E-state index in [2.05, 4.69) is 4.98 Å². The van der Waals surface area contributed by atoms with Crippen LogP contribution >= 0.6 is 0 Å². The van der Waals surface area contributed by atoms with Crippen LogP contribution in [0.15, 0.2) is 53.3 Å². The highest BCUT2D eigenvalue weighted by Gasteiger charge is 2.06. The number of hydrogen-bond acceptors (Lipinski definition) is 1. The van der Waals surface area contributed by atoms with Crippen molar-refractivity contribution in [3.63, 3.8) is 0 Å². The second-order valence-electron chi connectivity index (χ2n) is 4.28. The van der Waals surface area contributed by atoms with Gasteiger partial charge in [0.25, 0.3) is 0 Å². The van der Waals surface area contributed by atoms with Crippen molar-refractivity contribution in [2.24, 2.45) is 0 Å². The average molecular weight is 234 g/mol. The zero-order valence-electron chi connectivity index (χ0n) is 9.76. The lowest BCUT2D eigenvalue weighted by atomic mass is 9.96. The molecular formula is C14H11BN2O. The first kappa shape index (κ1) is 10.9. The lowest BCUT2D eigenvalue weighted by Crippen LogP contribution is -2.17. The van der Waals surface area contributed by atoms with Crippen LogP contribution in [0.25, 0.3) is 11.0 Å². The number of fused-ring (bicyclic) bond motifs is 1. The topological polar surface area (TPSA) is 37.8 Å². The first-order valence-electron chi connectivity index (χ1n) is 5.76. The molecule has 1 N–H and O–H groups in total. The Balaban J connectivity index is 2.14. The van der Waals surface area contributed by atoms with Crippen molar-refractivity contribution < 1.29 is 0 Å². The maximum Gasteiger partial charge on any atom is 0.326 e. The molecule has 3 rings (SSSR count). The van der Waals surface area contributed by atoms with E-state index in [0.29, 0.717) is 12.0 Å². The zero-order chi connectivity index (χ0) is 12.5. The third-order valence-corrected chi connectivity index (χ3v) is 2.98. The van der Waals surface area contributed by atoms with Crippen molar-refractivity contribution in [3.8, 4) is 0 Å². The fraction of sp³-hybridized carbons (Fsp3) is 0.0714. The fourth-order valence-corrected chi connectivity index (χ4v) is 2.09. The van der Waals surface area contributed by atoms with E-state index in [0.717, 1.165) is 16.6 Å². The van der Waals surface area contributed by atoms with Gasteiger partial charge in [0, 0.05) is 0 Å². The molecule has 1 aromatic heterocycles. The molecule has 0 spiro atoms. The Morgan fingerprint density at radius 3 is 2.67 bits per heavy atom. The Bertz CT molecular complexity index is 743. The summed E-state index contributed by atoms with van der Waals surface area (Å²) in [5.41, 5.74) is 3.28. The molecule has 0 saturated carbocycles. The summed E-state index contributed by atoms with van der Waals surface area (Å²) in [7, 11) is 5.77. The second-order valence-corrected chi connectivity index (χ2v) is 4.28. The Morgan fingerprint density at radius 2 is 1.89 bits per heavy atom. The number of imidazole rings is 1. The average Bonchev–Trinajstić information content (AvgIpc) is 2.67. The molecule has 0 saturated heterocycles. The van der Waals surface area contributed by atoms with Gasteiger partial charge in [0.1, 0.15) is 7.85 Å². The van der Waals surface area contributed by atoms with Gasteiger partial charge < -0.3 is 4.98 Å². The van der Waals surface area contributed by atoms with E-state index in [4.69, 9.17) is 7.85 Å². The van der Waals surface area contributed by atoms with Gasteiger partial charge >= 0.3 is 5.69 Å². The molecule has 3 nitrogen and oxygen atoms in total. The molecule has 0 fully saturated rings. The number of rotatable bonds is 2. The van der Waals surface area contributed by atoms with Crippen LogP contribution in [0.3, 0.4) is 0 Å². The lowest BCUT2D eigenvalue weighted by Gasteiger charge is -2.04. The summed E-state index contributed by atoms with van der Waals surface area (Å²) >= 11 is 0. The van der Waals surface area contributed by atoms with Gasteiger partial charge in [-0.2, -0.15) is 0 Å². The molecule has 2 aromatic carbocycles. The van der Waals surface area contributed by atoms with Crippen LogP contribution in [-0.4, -0.2) is 17.4 Å². The van der Waals surface area contributed by atoms with E-state index in [9.17, 15) is 4.79 Å². The summed E-state index contributed by atoms with van der Waals surface area (Å²) in [6, 6.07) is 15.3. The summed E-state index contributed by atoms with van der Waals surface area (Å²) in [5, 5.41) is 0. The summed E-state index contributed by atoms with van der Waals surface area (Å²) in [6.45, 7) is 0.545. The maximum absolute atomic E-state index is 11.9. The van der Waals surface area contributed by atoms with Crippen LogP contribution in [0.2, 0.25) is 0 Å². The van der Waals surface area contributed by atoms with Gasteiger partial charge in [-0.05, 0) is 17.7 Å². The van der Waals surface area contributed by atoms with Crippen molar-refractivity contribution in [1.29, 1.82) is 0 Å². The predicted octanol–water partition coefficient (Wildman–Crippen LogP) is 1.17. The van der Waals surface area contributed by atoms with Gasteiger partial charge in [0.15, 0.2) is 0 Å². The Labute approximate surface area is 105 Å². The molecule has 0 aliphatic heterocycles. The minimum Gasteiger partial charge on any atom is -0.306 e. The largest absolute Gasteiger partial charge is 0.326 e. The van der Waals surface area contributed by atoms with E-state index in [1.165, 1.54) is 0 Å². The fourth-order valence-electron chi connectivity index (χ4n) is 2.09. The third kappa shape index (κ3) is 1.86. The van der Waals surface area contributed by atoms with Gasteiger partial charge in [-0.25, -0.2) is 4.79 Å². The summed E-state index contributed by atoms with van der Waals surface area (Å²) in [4.78, 5) is 14.7. The van der Waals surface area contributed by atoms with E-state index < -0.39 is 0 Å². The van der Waals surface area contributed by atoms with E-state index in [-0.39, 0.29) is 5.69 Å². The number of aromatic amines is 1. The smallest absolute Gasteiger partial charge is 0.306 e. The summed E-state index contributed by atoms with van der Waals surface area (Å²) in [5.74, 6) is 0. The second kappa shape index (κ2) is 4.22. The number of nitrogens with zero attached hydrogens (tertiary/aromatic N) is 1. The Morgan fingerprint density at radius 1 is 1.11 bits per heavy atom. The molecule has 3 aromatic rings. The molecule has 0 bridgehead atoms. The molecule has 86 valence electrons. The normalized spacial score (nSPS) is 10.9. The number of aromatic nitrogens is 2. The molecule has 0 unspecified atom stereocenters. The molecule has 1 heterocycles. The van der Waals surface area contributed by atoms with Crippen molar-refractivity contribution in [2.45, 2.75) is 6.54 Å². The number of benzene rings is 2. The molecule has 0 aliphatic carbocycles. The van der Waals surface area contributed by atoms with Crippen molar-refractivity contribution in [1.82, 2.24) is 9.55 Å². The van der Waals surface area contributed by atoms with E-state index in [1.54, 1.807) is 10.6 Å². The number of nitrogens with one attached hydrogen (secondary N) is 1. The molecule has 2 radical (unpaired) electrons. The van der Waals surface area contributed by atoms with Crippen LogP contribution in [0, 0.1) is 0 Å². The highest BCUT2D eigenvalue weighted by Crippen LogP contribution is 2.10. The third-order valence-electron chi connectivity index (χ3n) is 2.98. The van der Waals surface area contributed by atoms with Crippen LogP contribution in [0.1, 0.15) is 5.56 Å². The van der Waals surface area contributed by atoms with Gasteiger partial charge in [0.05, 0.1) is 17.6 Å². The van der Waals surface area contributed by atoms with Crippen molar-refractivity contribution in [3.05, 3.63) is 64.6 Å². The van der Waals surface area contributed by atoms with Crippen LogP contribution in [-0.2, 0) is 6.54 Å². The first-order valence-corrected chi connectivity index (χ1v) is 5.76. The number of H-pyrrole nitrogens is 1. The quantitative estimate of drug-likeness (QED) is 0.664.